The molecular formula is C18H36N4O2. The van der Waals surface area contributed by atoms with Crippen molar-refractivity contribution < 1.29 is 9.53 Å². The molecule has 6 heteroatoms. The molecule has 1 fully saturated rings. The van der Waals surface area contributed by atoms with Crippen LogP contribution in [0.4, 0.5) is 0 Å². The summed E-state index contributed by atoms with van der Waals surface area (Å²) in [6.07, 6.45) is 6.55. The van der Waals surface area contributed by atoms with Gasteiger partial charge in [0.2, 0.25) is 5.91 Å². The lowest BCUT2D eigenvalue weighted by Gasteiger charge is -2.30. The number of nitrogens with one attached hydrogen (secondary N) is 3. The van der Waals surface area contributed by atoms with Crippen molar-refractivity contribution in [3.05, 3.63) is 0 Å². The standard InChI is InChI=1S/C18H36N4O2/c1-18(2,3)15(24-5)13-21-17(19-4)20-12-11-16(23)22-14-9-7-6-8-10-14/h14-15H,6-13H2,1-5H3,(H,22,23)(H2,19,20,21). The third kappa shape index (κ3) is 7.99. The fourth-order valence-electron chi connectivity index (χ4n) is 2.99. The van der Waals surface area contributed by atoms with Crippen LogP contribution < -0.4 is 16.0 Å². The van der Waals surface area contributed by atoms with Crippen LogP contribution in [0.1, 0.15) is 59.3 Å². The monoisotopic (exact) mass is 340 g/mol. The molecule has 24 heavy (non-hydrogen) atoms. The second-order valence-electron chi connectivity index (χ2n) is 7.62. The van der Waals surface area contributed by atoms with E-state index in [1.807, 2.05) is 0 Å². The van der Waals surface area contributed by atoms with E-state index in [0.29, 0.717) is 31.5 Å². The molecule has 0 radical (unpaired) electrons. The lowest BCUT2D eigenvalue weighted by atomic mass is 9.89. The molecule has 0 heterocycles. The Morgan fingerprint density at radius 2 is 1.88 bits per heavy atom. The molecule has 1 atom stereocenters. The van der Waals surface area contributed by atoms with Crippen molar-refractivity contribution in [3.63, 3.8) is 0 Å². The SMILES string of the molecule is CN=C(NCCC(=O)NC1CCCCC1)NCC(OC)C(C)(C)C. The van der Waals surface area contributed by atoms with Gasteiger partial charge in [-0.2, -0.15) is 0 Å². The van der Waals surface area contributed by atoms with Gasteiger partial charge in [-0.15, -0.1) is 0 Å². The molecule has 0 aromatic heterocycles. The van der Waals surface area contributed by atoms with Gasteiger partial charge in [0.1, 0.15) is 0 Å². The molecule has 6 nitrogen and oxygen atoms in total. The zero-order valence-electron chi connectivity index (χ0n) is 16.1. The van der Waals surface area contributed by atoms with Crippen LogP contribution >= 0.6 is 0 Å². The van der Waals surface area contributed by atoms with Crippen LogP contribution in [0, 0.1) is 5.41 Å². The molecule has 140 valence electrons. The number of ether oxygens (including phenoxy) is 1. The maximum absolute atomic E-state index is 12.0. The number of guanidine groups is 1. The molecule has 1 aliphatic rings. The Kier molecular flexibility index (Phi) is 9.11. The van der Waals surface area contributed by atoms with E-state index in [2.05, 4.69) is 41.7 Å². The number of carbonyl (C=O) groups is 1. The summed E-state index contributed by atoms with van der Waals surface area (Å²) < 4.78 is 5.53. The summed E-state index contributed by atoms with van der Waals surface area (Å²) in [4.78, 5) is 16.2. The zero-order valence-corrected chi connectivity index (χ0v) is 16.1. The first-order chi connectivity index (χ1) is 11.4. The minimum Gasteiger partial charge on any atom is -0.379 e. The Balaban J connectivity index is 2.24. The number of rotatable bonds is 7. The van der Waals surface area contributed by atoms with Gasteiger partial charge in [-0.05, 0) is 18.3 Å². The largest absolute Gasteiger partial charge is 0.379 e. The maximum Gasteiger partial charge on any atom is 0.221 e. The van der Waals surface area contributed by atoms with E-state index in [-0.39, 0.29) is 17.4 Å². The van der Waals surface area contributed by atoms with Crippen LogP contribution in [0.5, 0.6) is 0 Å². The van der Waals surface area contributed by atoms with Crippen molar-refractivity contribution in [1.82, 2.24) is 16.0 Å². The van der Waals surface area contributed by atoms with Gasteiger partial charge in [0, 0.05) is 39.7 Å². The first kappa shape index (κ1) is 20.7. The number of carbonyl (C=O) groups excluding carboxylic acids is 1. The van der Waals surface area contributed by atoms with Gasteiger partial charge in [-0.3, -0.25) is 9.79 Å². The fraction of sp³-hybridized carbons (Fsp3) is 0.889. The van der Waals surface area contributed by atoms with Crippen molar-refractivity contribution in [2.24, 2.45) is 10.4 Å². The first-order valence-corrected chi connectivity index (χ1v) is 9.13. The van der Waals surface area contributed by atoms with E-state index in [1.165, 1.54) is 19.3 Å². The zero-order chi connectivity index (χ0) is 18.0. The van der Waals surface area contributed by atoms with E-state index >= 15 is 0 Å². The van der Waals surface area contributed by atoms with Crippen LogP contribution in [0.15, 0.2) is 4.99 Å². The van der Waals surface area contributed by atoms with E-state index < -0.39 is 0 Å². The number of nitrogens with zero attached hydrogens (tertiary/aromatic N) is 1. The van der Waals surface area contributed by atoms with Gasteiger partial charge in [0.05, 0.1) is 6.10 Å². The lowest BCUT2D eigenvalue weighted by molar-refractivity contribution is -0.121. The Bertz CT molecular complexity index is 398. The summed E-state index contributed by atoms with van der Waals surface area (Å²) in [5.74, 6) is 0.820. The molecule has 1 saturated carbocycles. The summed E-state index contributed by atoms with van der Waals surface area (Å²) in [5, 5.41) is 9.59. The van der Waals surface area contributed by atoms with Gasteiger partial charge < -0.3 is 20.7 Å². The van der Waals surface area contributed by atoms with Gasteiger partial charge in [-0.25, -0.2) is 0 Å². The van der Waals surface area contributed by atoms with E-state index in [0.717, 1.165) is 12.8 Å². The summed E-state index contributed by atoms with van der Waals surface area (Å²) in [6, 6.07) is 0.373. The van der Waals surface area contributed by atoms with E-state index in [9.17, 15) is 4.79 Å². The topological polar surface area (TPSA) is 74.8 Å². The summed E-state index contributed by atoms with van der Waals surface area (Å²) in [7, 11) is 3.46. The highest BCUT2D eigenvalue weighted by Gasteiger charge is 2.24. The Labute approximate surface area is 147 Å². The minimum absolute atomic E-state index is 0.0560. The second-order valence-corrected chi connectivity index (χ2v) is 7.62. The number of hydrogen-bond acceptors (Lipinski definition) is 3. The van der Waals surface area contributed by atoms with Crippen LogP contribution in [-0.4, -0.2) is 51.3 Å². The molecule has 1 rings (SSSR count). The smallest absolute Gasteiger partial charge is 0.221 e. The summed E-state index contributed by atoms with van der Waals surface area (Å²) in [6.45, 7) is 7.69. The molecule has 0 saturated heterocycles. The van der Waals surface area contributed by atoms with Gasteiger partial charge in [0.25, 0.3) is 0 Å². The highest BCUT2D eigenvalue weighted by molar-refractivity contribution is 5.81. The van der Waals surface area contributed by atoms with Gasteiger partial charge in [-0.1, -0.05) is 40.0 Å². The Morgan fingerprint density at radius 1 is 1.21 bits per heavy atom. The molecule has 0 spiro atoms. The normalized spacial score (nSPS) is 18.1. The third-order valence-corrected chi connectivity index (χ3v) is 4.54. The third-order valence-electron chi connectivity index (χ3n) is 4.54. The molecule has 3 N–H and O–H groups in total. The summed E-state index contributed by atoms with van der Waals surface area (Å²) >= 11 is 0. The highest BCUT2D eigenvalue weighted by atomic mass is 16.5. The molecule has 0 bridgehead atoms. The van der Waals surface area contributed by atoms with Crippen LogP contribution in [0.3, 0.4) is 0 Å². The number of aliphatic imine (C=N–C) groups is 1. The molecule has 1 unspecified atom stereocenters. The van der Waals surface area contributed by atoms with Crippen LogP contribution in [-0.2, 0) is 9.53 Å². The Hall–Kier alpha value is -1.30. The second kappa shape index (κ2) is 10.5. The number of hydrogen-bond donors (Lipinski definition) is 3. The van der Waals surface area contributed by atoms with Crippen molar-refractivity contribution >= 4 is 11.9 Å². The lowest BCUT2D eigenvalue weighted by Crippen LogP contribution is -2.46. The number of amides is 1. The minimum atomic E-state index is 0.0560. The van der Waals surface area contributed by atoms with Gasteiger partial charge >= 0.3 is 0 Å². The average Bonchev–Trinajstić information content (AvgIpc) is 2.53. The van der Waals surface area contributed by atoms with Crippen molar-refractivity contribution in [1.29, 1.82) is 0 Å². The van der Waals surface area contributed by atoms with Crippen molar-refractivity contribution in [3.8, 4) is 0 Å². The quantitative estimate of drug-likeness (QED) is 0.490. The fourth-order valence-corrected chi connectivity index (χ4v) is 2.99. The molecule has 0 aliphatic heterocycles. The van der Waals surface area contributed by atoms with E-state index in [1.54, 1.807) is 14.2 Å². The predicted octanol–water partition coefficient (Wildman–Crippen LogP) is 2.05. The van der Waals surface area contributed by atoms with Crippen molar-refractivity contribution in [2.75, 3.05) is 27.2 Å². The number of methoxy groups -OCH3 is 1. The van der Waals surface area contributed by atoms with Crippen LogP contribution in [0.2, 0.25) is 0 Å². The maximum atomic E-state index is 12.0. The molecule has 0 aromatic rings. The molecular weight excluding hydrogens is 304 g/mol. The summed E-state index contributed by atoms with van der Waals surface area (Å²) in [5.41, 5.74) is 0.0560. The van der Waals surface area contributed by atoms with Gasteiger partial charge in [0.15, 0.2) is 5.96 Å². The van der Waals surface area contributed by atoms with E-state index in [4.69, 9.17) is 4.74 Å². The first-order valence-electron chi connectivity index (χ1n) is 9.13. The van der Waals surface area contributed by atoms with Crippen LogP contribution in [0.25, 0.3) is 0 Å². The molecule has 1 amide bonds. The average molecular weight is 341 g/mol. The molecule has 1 aliphatic carbocycles. The molecule has 0 aromatic carbocycles. The Morgan fingerprint density at radius 3 is 2.42 bits per heavy atom. The van der Waals surface area contributed by atoms with Crippen molar-refractivity contribution in [2.45, 2.75) is 71.4 Å². The predicted molar refractivity (Wildman–Crippen MR) is 99.2 cm³/mol. The highest BCUT2D eigenvalue weighted by Crippen LogP contribution is 2.20.